The van der Waals surface area contributed by atoms with E-state index in [1.807, 2.05) is 62.1 Å². The maximum atomic E-state index is 17.7. The fraction of sp³-hybridized carbons (Fsp3) is 0.540. The number of anilines is 2. The molecule has 8 heterocycles. The highest BCUT2D eigenvalue weighted by Gasteiger charge is 2.50. The quantitative estimate of drug-likeness (QED) is 0.0648. The Labute approximate surface area is 477 Å². The second-order valence-electron chi connectivity index (χ2n) is 25.6. The summed E-state index contributed by atoms with van der Waals surface area (Å²) in [5.41, 5.74) is 3.66. The number of piperazine rings is 2. The van der Waals surface area contributed by atoms with Crippen molar-refractivity contribution in [1.82, 2.24) is 39.9 Å². The number of halogens is 1. The number of methoxy groups -OCH3 is 1. The van der Waals surface area contributed by atoms with Crippen molar-refractivity contribution in [2.45, 2.75) is 115 Å². The molecule has 2 bridgehead atoms. The van der Waals surface area contributed by atoms with Gasteiger partial charge in [0.15, 0.2) is 12.6 Å². The van der Waals surface area contributed by atoms with E-state index in [4.69, 9.17) is 40.3 Å². The van der Waals surface area contributed by atoms with Crippen LogP contribution in [0.5, 0.6) is 11.8 Å². The van der Waals surface area contributed by atoms with Gasteiger partial charge in [-0.1, -0.05) is 18.1 Å². The number of benzene rings is 3. The van der Waals surface area contributed by atoms with E-state index in [0.29, 0.717) is 83.0 Å². The zero-order chi connectivity index (χ0) is 56.7. The van der Waals surface area contributed by atoms with E-state index < -0.39 is 17.5 Å². The average molecular weight is 1120 g/mol. The fourth-order valence-corrected chi connectivity index (χ4v) is 14.5. The van der Waals surface area contributed by atoms with E-state index in [2.05, 4.69) is 36.9 Å². The maximum absolute atomic E-state index is 17.7. The van der Waals surface area contributed by atoms with Gasteiger partial charge in [-0.15, -0.1) is 6.42 Å². The third kappa shape index (κ3) is 10.4. The molecule has 430 valence electrons. The maximum Gasteiger partial charge on any atom is 0.410 e. The molecule has 4 amide bonds. The third-order valence-electron chi connectivity index (χ3n) is 18.9. The number of nitrogens with zero attached hydrogens (tertiary/aromatic N) is 9. The number of terminal acetylenes is 1. The Morgan fingerprint density at radius 3 is 2.35 bits per heavy atom. The molecule has 2 aromatic heterocycles. The Balaban J connectivity index is 0.653. The van der Waals surface area contributed by atoms with Gasteiger partial charge in [0.2, 0.25) is 11.8 Å². The number of likely N-dealkylation sites (tertiary alicyclic amines) is 1. The van der Waals surface area contributed by atoms with Crippen LogP contribution in [0.1, 0.15) is 106 Å². The summed E-state index contributed by atoms with van der Waals surface area (Å²) >= 11 is 0. The molecule has 13 rings (SSSR count). The van der Waals surface area contributed by atoms with Gasteiger partial charge in [0.25, 0.3) is 5.91 Å². The second-order valence-corrected chi connectivity index (χ2v) is 25.6. The summed E-state index contributed by atoms with van der Waals surface area (Å²) in [6.45, 7) is 15.4. The third-order valence-corrected chi connectivity index (χ3v) is 18.9. The van der Waals surface area contributed by atoms with Crippen LogP contribution in [0.3, 0.4) is 0 Å². The molecular formula is C63H73FN10O8. The number of imide groups is 1. The van der Waals surface area contributed by atoms with Gasteiger partial charge in [-0.05, 0) is 150 Å². The number of carbonyl (C=O) groups is 4. The zero-order valence-corrected chi connectivity index (χ0v) is 47.5. The molecule has 8 aliphatic rings. The van der Waals surface area contributed by atoms with Gasteiger partial charge in [-0.3, -0.25) is 34.5 Å². The van der Waals surface area contributed by atoms with Crippen LogP contribution < -0.4 is 24.6 Å². The number of aromatic nitrogens is 3. The number of hydrogen-bond acceptors (Lipinski definition) is 15. The van der Waals surface area contributed by atoms with Gasteiger partial charge in [-0.25, -0.2) is 9.18 Å². The number of rotatable bonds is 14. The van der Waals surface area contributed by atoms with Crippen LogP contribution in [-0.4, -0.2) is 168 Å². The lowest BCUT2D eigenvalue weighted by molar-refractivity contribution is -0.136. The number of fused-ring (bicyclic) bond motifs is 5. The Bertz CT molecular complexity index is 3390. The van der Waals surface area contributed by atoms with E-state index in [1.54, 1.807) is 24.3 Å². The van der Waals surface area contributed by atoms with Crippen molar-refractivity contribution in [3.8, 4) is 35.4 Å². The van der Waals surface area contributed by atoms with Crippen LogP contribution in [0.2, 0.25) is 0 Å². The lowest BCUT2D eigenvalue weighted by Gasteiger charge is -2.54. The highest BCUT2D eigenvalue weighted by molar-refractivity contribution is 6.06. The highest BCUT2D eigenvalue weighted by Crippen LogP contribution is 2.54. The van der Waals surface area contributed by atoms with Crippen LogP contribution in [0.25, 0.3) is 32.9 Å². The molecule has 3 aromatic carbocycles. The van der Waals surface area contributed by atoms with Crippen LogP contribution in [0.4, 0.5) is 20.7 Å². The Morgan fingerprint density at radius 1 is 0.878 bits per heavy atom. The summed E-state index contributed by atoms with van der Waals surface area (Å²) in [5.74, 6) is 3.05. The van der Waals surface area contributed by atoms with E-state index in [-0.39, 0.29) is 71.7 Å². The molecule has 18 nitrogen and oxygen atoms in total. The number of pyridine rings is 1. The van der Waals surface area contributed by atoms with E-state index >= 15 is 4.39 Å². The summed E-state index contributed by atoms with van der Waals surface area (Å²) in [7, 11) is 1.54. The SMILES string of the molecule is C#Cc1cccc2cc(OCOC)cc(-c3ncc4c(N5CC6CCC(C5)N6C(=O)OC(C)(C)C)nc(OCC5(CN6CCC7(CC6)CC(CN6CCN(c8ccc9c(c8)CN([C@H]8CCC(=O)NC8=O)C9=O)CC6)C7)CC5)nc4c3F)c12. The molecule has 3 atom stereocenters. The molecule has 2 unspecified atom stereocenters. The van der Waals surface area contributed by atoms with E-state index in [0.717, 1.165) is 94.7 Å². The van der Waals surface area contributed by atoms with E-state index in [9.17, 15) is 19.2 Å². The molecule has 2 aliphatic carbocycles. The summed E-state index contributed by atoms with van der Waals surface area (Å²) in [6.07, 6.45) is 16.6. The number of amides is 4. The first kappa shape index (κ1) is 54.1. The van der Waals surface area contributed by atoms with Gasteiger partial charge in [0.05, 0.1) is 24.1 Å². The average Bonchev–Trinajstić information content (AvgIpc) is 4.11. The van der Waals surface area contributed by atoms with Crippen molar-refractivity contribution >= 4 is 57.0 Å². The van der Waals surface area contributed by atoms with Gasteiger partial charge in [-0.2, -0.15) is 9.97 Å². The summed E-state index contributed by atoms with van der Waals surface area (Å²) in [6, 6.07) is 14.5. The smallest absolute Gasteiger partial charge is 0.410 e. The molecule has 82 heavy (non-hydrogen) atoms. The van der Waals surface area contributed by atoms with Crippen LogP contribution in [-0.2, 0) is 25.6 Å². The topological polar surface area (TPSA) is 175 Å². The van der Waals surface area contributed by atoms with Crippen molar-refractivity contribution in [3.63, 3.8) is 0 Å². The minimum atomic E-state index is -0.630. The molecule has 5 aromatic rings. The van der Waals surface area contributed by atoms with Crippen molar-refractivity contribution in [2.24, 2.45) is 16.7 Å². The molecule has 6 aliphatic heterocycles. The van der Waals surface area contributed by atoms with Crippen LogP contribution in [0.15, 0.2) is 54.7 Å². The van der Waals surface area contributed by atoms with Crippen LogP contribution in [0, 0.1) is 34.9 Å². The van der Waals surface area contributed by atoms with Crippen molar-refractivity contribution in [2.75, 3.05) is 95.8 Å². The van der Waals surface area contributed by atoms with Gasteiger partial charge in [0.1, 0.15) is 34.4 Å². The van der Waals surface area contributed by atoms with Gasteiger partial charge < -0.3 is 38.5 Å². The number of piperidine rings is 2. The predicted octanol–water partition coefficient (Wildman–Crippen LogP) is 7.77. The molecule has 1 spiro atoms. The highest BCUT2D eigenvalue weighted by atomic mass is 19.1. The second kappa shape index (κ2) is 21.2. The van der Waals surface area contributed by atoms with Crippen molar-refractivity contribution < 1.29 is 42.5 Å². The van der Waals surface area contributed by atoms with Gasteiger partial charge in [0, 0.05) is 112 Å². The predicted molar refractivity (Wildman–Crippen MR) is 307 cm³/mol. The molecule has 1 N–H and O–H groups in total. The minimum absolute atomic E-state index is 0.000586. The van der Waals surface area contributed by atoms with E-state index in [1.165, 1.54) is 25.7 Å². The normalized spacial score (nSPS) is 23.5. The number of carbonyl (C=O) groups excluding carboxylic acids is 4. The number of hydrogen-bond donors (Lipinski definition) is 1. The lowest BCUT2D eigenvalue weighted by atomic mass is 9.57. The first-order valence-electron chi connectivity index (χ1n) is 29.4. The first-order chi connectivity index (χ1) is 39.5. The molecule has 2 saturated carbocycles. The number of nitrogens with one attached hydrogen (secondary N) is 1. The first-order valence-corrected chi connectivity index (χ1v) is 29.4. The molecule has 7 fully saturated rings. The monoisotopic (exact) mass is 1120 g/mol. The molecule has 5 saturated heterocycles. The fourth-order valence-electron chi connectivity index (χ4n) is 14.5. The zero-order valence-electron chi connectivity index (χ0n) is 47.5. The van der Waals surface area contributed by atoms with Crippen molar-refractivity contribution in [3.05, 3.63) is 77.2 Å². The lowest BCUT2D eigenvalue weighted by Crippen LogP contribution is -2.57. The molecule has 0 radical (unpaired) electrons. The van der Waals surface area contributed by atoms with Gasteiger partial charge >= 0.3 is 12.1 Å². The summed E-state index contributed by atoms with van der Waals surface area (Å²) in [5, 5.41) is 4.28. The standard InChI is InChI=1S/C63H73FN10O8/c1-6-40-8-7-9-41-27-46(81-38-79-5)28-48(52(40)41)54-53(64)55-49(31-65-54)56(72-34-44-10-11-45(35-72)74(44)60(78)82-61(2,3)4)68-59(67-55)80-37-63(16-17-63)36-70-20-18-62(19-21-70)29-39(30-62)32-69-22-24-71(25-23-69)43-12-13-47-42(26-43)33-73(58(47)77)50-14-15-51(75)66-57(50)76/h1,7-9,12-13,26-28,31,39,44-45,50H,10-11,14-25,29-30,32-38H2,2-5H3,(H,66,75,76)/t44?,45?,50-/m0/s1. The summed E-state index contributed by atoms with van der Waals surface area (Å²) in [4.78, 5) is 79.1. The Morgan fingerprint density at radius 2 is 1.65 bits per heavy atom. The number of ether oxygens (including phenoxy) is 4. The minimum Gasteiger partial charge on any atom is -0.468 e. The Kier molecular flexibility index (Phi) is 14.0. The summed E-state index contributed by atoms with van der Waals surface area (Å²) < 4.78 is 41.3. The molecule has 19 heteroatoms. The van der Waals surface area contributed by atoms with Crippen LogP contribution >= 0.6 is 0 Å². The Hall–Kier alpha value is -7.14. The largest absolute Gasteiger partial charge is 0.468 e. The molecular weight excluding hydrogens is 1040 g/mol. The van der Waals surface area contributed by atoms with Crippen molar-refractivity contribution in [1.29, 1.82) is 0 Å².